The van der Waals surface area contributed by atoms with Crippen molar-refractivity contribution < 1.29 is 9.59 Å². The van der Waals surface area contributed by atoms with Crippen molar-refractivity contribution in [1.82, 2.24) is 5.32 Å². The smallest absolute Gasteiger partial charge is 0.254 e. The molecule has 0 radical (unpaired) electrons. The van der Waals surface area contributed by atoms with E-state index in [2.05, 4.69) is 12.2 Å². The van der Waals surface area contributed by atoms with Gasteiger partial charge in [0, 0.05) is 29.7 Å². The van der Waals surface area contributed by atoms with Crippen molar-refractivity contribution in [3.05, 3.63) is 28.8 Å². The third-order valence-corrected chi connectivity index (χ3v) is 3.92. The molecule has 5 heteroatoms. The molecule has 4 nitrogen and oxygen atoms in total. The van der Waals surface area contributed by atoms with Crippen LogP contribution in [0.15, 0.2) is 18.2 Å². The van der Waals surface area contributed by atoms with Gasteiger partial charge >= 0.3 is 0 Å². The van der Waals surface area contributed by atoms with Gasteiger partial charge in [-0.2, -0.15) is 0 Å². The van der Waals surface area contributed by atoms with Crippen LogP contribution in [0.3, 0.4) is 0 Å². The zero-order valence-corrected chi connectivity index (χ0v) is 13.2. The van der Waals surface area contributed by atoms with Crippen molar-refractivity contribution in [2.45, 2.75) is 45.6 Å². The molecule has 0 fully saturated rings. The number of hydrogen-bond acceptors (Lipinski definition) is 2. The molecule has 0 spiro atoms. The quantitative estimate of drug-likeness (QED) is 0.818. The minimum atomic E-state index is -0.609. The molecule has 21 heavy (non-hydrogen) atoms. The number of fused-ring (bicyclic) bond motifs is 1. The zero-order valence-electron chi connectivity index (χ0n) is 12.5. The Morgan fingerprint density at radius 2 is 2.10 bits per heavy atom. The molecular formula is C16H21ClN2O2. The molecule has 1 aliphatic rings. The highest BCUT2D eigenvalue weighted by molar-refractivity contribution is 6.31. The van der Waals surface area contributed by atoms with Crippen LogP contribution in [0.25, 0.3) is 0 Å². The predicted octanol–water partition coefficient (Wildman–Crippen LogP) is 3.44. The van der Waals surface area contributed by atoms with Crippen LogP contribution in [0.5, 0.6) is 0 Å². The Hall–Kier alpha value is -1.55. The van der Waals surface area contributed by atoms with E-state index in [9.17, 15) is 9.59 Å². The van der Waals surface area contributed by atoms with Gasteiger partial charge in [0.25, 0.3) is 5.91 Å². The second kappa shape index (κ2) is 6.94. The van der Waals surface area contributed by atoms with Crippen LogP contribution in [0, 0.1) is 0 Å². The molecule has 0 aromatic heterocycles. The molecule has 0 aliphatic carbocycles. The predicted molar refractivity (Wildman–Crippen MR) is 84.5 cm³/mol. The van der Waals surface area contributed by atoms with Gasteiger partial charge < -0.3 is 10.2 Å². The molecule has 1 aromatic rings. The fourth-order valence-electron chi connectivity index (χ4n) is 2.68. The Labute approximate surface area is 130 Å². The number of anilines is 1. The summed E-state index contributed by atoms with van der Waals surface area (Å²) in [5, 5.41) is 3.29. The van der Waals surface area contributed by atoms with Gasteiger partial charge in [0.1, 0.15) is 6.04 Å². The summed E-state index contributed by atoms with van der Waals surface area (Å²) in [7, 11) is 0. The van der Waals surface area contributed by atoms with Crippen molar-refractivity contribution >= 4 is 29.1 Å². The second-order valence-electron chi connectivity index (χ2n) is 5.39. The lowest BCUT2D eigenvalue weighted by Crippen LogP contribution is -2.37. The SMILES string of the molecule is CCCCCCN1C(=O)[C@@H](NC(C)=O)c2cc(Cl)ccc21. The molecule has 0 bridgehead atoms. The average Bonchev–Trinajstić information content (AvgIpc) is 2.68. The Morgan fingerprint density at radius 1 is 1.33 bits per heavy atom. The first-order valence-corrected chi connectivity index (χ1v) is 7.80. The molecule has 1 N–H and O–H groups in total. The van der Waals surface area contributed by atoms with E-state index in [1.54, 1.807) is 17.0 Å². The number of amides is 2. The summed E-state index contributed by atoms with van der Waals surface area (Å²) in [6.07, 6.45) is 4.40. The van der Waals surface area contributed by atoms with Gasteiger partial charge in [-0.1, -0.05) is 37.8 Å². The molecule has 0 saturated heterocycles. The minimum absolute atomic E-state index is 0.0704. The summed E-state index contributed by atoms with van der Waals surface area (Å²) in [4.78, 5) is 25.6. The first-order valence-electron chi connectivity index (χ1n) is 7.42. The van der Waals surface area contributed by atoms with E-state index in [1.165, 1.54) is 13.3 Å². The topological polar surface area (TPSA) is 49.4 Å². The summed E-state index contributed by atoms with van der Waals surface area (Å²) < 4.78 is 0. The van der Waals surface area contributed by atoms with Crippen LogP contribution < -0.4 is 10.2 Å². The molecule has 1 aromatic carbocycles. The Bertz CT molecular complexity index is 545. The number of benzene rings is 1. The number of carbonyl (C=O) groups excluding carboxylic acids is 2. The Kier molecular flexibility index (Phi) is 5.23. The molecule has 0 saturated carbocycles. The number of rotatable bonds is 6. The van der Waals surface area contributed by atoms with Gasteiger partial charge in [0.15, 0.2) is 0 Å². The molecule has 1 heterocycles. The summed E-state index contributed by atoms with van der Waals surface area (Å²) in [6, 6.07) is 4.80. The van der Waals surface area contributed by atoms with Gasteiger partial charge in [-0.3, -0.25) is 9.59 Å². The molecule has 1 aliphatic heterocycles. The van der Waals surface area contributed by atoms with Crippen LogP contribution in [-0.4, -0.2) is 18.4 Å². The fraction of sp³-hybridized carbons (Fsp3) is 0.500. The zero-order chi connectivity index (χ0) is 15.4. The lowest BCUT2D eigenvalue weighted by Gasteiger charge is -2.18. The minimum Gasteiger partial charge on any atom is -0.341 e. The van der Waals surface area contributed by atoms with Gasteiger partial charge in [-0.25, -0.2) is 0 Å². The third kappa shape index (κ3) is 3.56. The monoisotopic (exact) mass is 308 g/mol. The molecule has 1 atom stereocenters. The van der Waals surface area contributed by atoms with Crippen LogP contribution in [0.1, 0.15) is 51.1 Å². The lowest BCUT2D eigenvalue weighted by atomic mass is 10.1. The first kappa shape index (κ1) is 15.8. The van der Waals surface area contributed by atoms with Crippen molar-refractivity contribution in [2.24, 2.45) is 0 Å². The van der Waals surface area contributed by atoms with Crippen molar-refractivity contribution in [3.63, 3.8) is 0 Å². The standard InChI is InChI=1S/C16H21ClN2O2/c1-3-4-5-6-9-19-14-8-7-12(17)10-13(14)15(16(19)21)18-11(2)20/h7-8,10,15H,3-6,9H2,1-2H3,(H,18,20)/t15-/m0/s1. The maximum Gasteiger partial charge on any atom is 0.254 e. The van der Waals surface area contributed by atoms with Gasteiger partial charge in [-0.15, -0.1) is 0 Å². The molecule has 0 unspecified atom stereocenters. The van der Waals surface area contributed by atoms with Crippen LogP contribution in [-0.2, 0) is 9.59 Å². The third-order valence-electron chi connectivity index (χ3n) is 3.69. The first-order chi connectivity index (χ1) is 10.0. The number of carbonyl (C=O) groups is 2. The molecule has 2 rings (SSSR count). The molecule has 2 amide bonds. The highest BCUT2D eigenvalue weighted by Gasteiger charge is 2.37. The second-order valence-corrected chi connectivity index (χ2v) is 5.82. The molecular weight excluding hydrogens is 288 g/mol. The Morgan fingerprint density at radius 3 is 2.76 bits per heavy atom. The van der Waals surface area contributed by atoms with Gasteiger partial charge in [-0.05, 0) is 24.6 Å². The lowest BCUT2D eigenvalue weighted by molar-refractivity contribution is -0.126. The average molecular weight is 309 g/mol. The van der Waals surface area contributed by atoms with Crippen LogP contribution in [0.4, 0.5) is 5.69 Å². The van der Waals surface area contributed by atoms with Crippen molar-refractivity contribution in [2.75, 3.05) is 11.4 Å². The number of nitrogens with zero attached hydrogens (tertiary/aromatic N) is 1. The van der Waals surface area contributed by atoms with Crippen molar-refractivity contribution in [3.8, 4) is 0 Å². The molecule has 114 valence electrons. The van der Waals surface area contributed by atoms with Crippen LogP contribution in [0.2, 0.25) is 5.02 Å². The van der Waals surface area contributed by atoms with Gasteiger partial charge in [0.05, 0.1) is 0 Å². The number of nitrogens with one attached hydrogen (secondary N) is 1. The van der Waals surface area contributed by atoms with E-state index in [1.807, 2.05) is 6.07 Å². The summed E-state index contributed by atoms with van der Waals surface area (Å²) in [6.45, 7) is 4.26. The van der Waals surface area contributed by atoms with E-state index >= 15 is 0 Å². The number of halogens is 1. The number of hydrogen-bond donors (Lipinski definition) is 1. The van der Waals surface area contributed by atoms with E-state index in [0.717, 1.165) is 30.5 Å². The van der Waals surface area contributed by atoms with E-state index in [0.29, 0.717) is 11.6 Å². The summed E-state index contributed by atoms with van der Waals surface area (Å²) in [5.74, 6) is -0.286. The summed E-state index contributed by atoms with van der Waals surface area (Å²) in [5.41, 5.74) is 1.65. The van der Waals surface area contributed by atoms with Crippen LogP contribution >= 0.6 is 11.6 Å². The normalized spacial score (nSPS) is 17.0. The van der Waals surface area contributed by atoms with E-state index < -0.39 is 6.04 Å². The van der Waals surface area contributed by atoms with E-state index in [-0.39, 0.29) is 11.8 Å². The highest BCUT2D eigenvalue weighted by Crippen LogP contribution is 2.37. The van der Waals surface area contributed by atoms with Gasteiger partial charge in [0.2, 0.25) is 5.91 Å². The van der Waals surface area contributed by atoms with Crippen molar-refractivity contribution in [1.29, 1.82) is 0 Å². The van der Waals surface area contributed by atoms with E-state index in [4.69, 9.17) is 11.6 Å². The Balaban J connectivity index is 2.20. The fourth-order valence-corrected chi connectivity index (χ4v) is 2.86. The summed E-state index contributed by atoms with van der Waals surface area (Å²) >= 11 is 6.02. The maximum atomic E-state index is 12.5. The number of unbranched alkanes of at least 4 members (excludes halogenated alkanes) is 3. The largest absolute Gasteiger partial charge is 0.341 e. The highest BCUT2D eigenvalue weighted by atomic mass is 35.5. The maximum absolute atomic E-state index is 12.5.